The van der Waals surface area contributed by atoms with Gasteiger partial charge in [-0.25, -0.2) is 5.43 Å². The summed E-state index contributed by atoms with van der Waals surface area (Å²) in [5, 5.41) is 13.6. The van der Waals surface area contributed by atoms with E-state index in [1.165, 1.54) is 22.2 Å². The van der Waals surface area contributed by atoms with Crippen LogP contribution in [0, 0.1) is 6.92 Å². The summed E-state index contributed by atoms with van der Waals surface area (Å²) in [6.07, 6.45) is 1.65. The number of ether oxygens (including phenoxy) is 1. The molecular weight excluding hydrogens is 490 g/mol. The number of methoxy groups -OCH3 is 1. The zero-order valence-electron chi connectivity index (χ0n) is 21.0. The molecule has 9 heteroatoms. The first-order valence-electron chi connectivity index (χ1n) is 11.5. The molecule has 0 aliphatic heterocycles. The lowest BCUT2D eigenvalue weighted by Gasteiger charge is -2.19. The summed E-state index contributed by atoms with van der Waals surface area (Å²) in [4.78, 5) is 14.6. The molecule has 0 bridgehead atoms. The molecule has 0 saturated heterocycles. The van der Waals surface area contributed by atoms with Crippen LogP contribution in [0.3, 0.4) is 0 Å². The second kappa shape index (κ2) is 11.1. The SMILES string of the molecule is COc1ccc(-n2c(SCC(=O)N/N=C\c3ccc(C)s3)nnc2-c2ccc(C(C)(C)C)cc2)cc1. The predicted molar refractivity (Wildman–Crippen MR) is 148 cm³/mol. The van der Waals surface area contributed by atoms with Gasteiger partial charge in [0.05, 0.1) is 19.1 Å². The van der Waals surface area contributed by atoms with E-state index in [1.807, 2.05) is 47.9 Å². The Morgan fingerprint density at radius 3 is 2.42 bits per heavy atom. The van der Waals surface area contributed by atoms with E-state index >= 15 is 0 Å². The number of aryl methyl sites for hydroxylation is 1. The van der Waals surface area contributed by atoms with Gasteiger partial charge < -0.3 is 4.74 Å². The van der Waals surface area contributed by atoms with Gasteiger partial charge in [-0.05, 0) is 54.3 Å². The molecule has 0 aliphatic rings. The van der Waals surface area contributed by atoms with Crippen molar-refractivity contribution in [2.45, 2.75) is 38.3 Å². The summed E-state index contributed by atoms with van der Waals surface area (Å²) in [5.41, 5.74) is 5.71. The van der Waals surface area contributed by atoms with Crippen LogP contribution in [0.25, 0.3) is 17.1 Å². The number of thiophene rings is 1. The number of hydrazone groups is 1. The van der Waals surface area contributed by atoms with E-state index in [-0.39, 0.29) is 17.1 Å². The molecule has 0 aliphatic carbocycles. The Morgan fingerprint density at radius 1 is 1.08 bits per heavy atom. The van der Waals surface area contributed by atoms with Crippen LogP contribution in [0.1, 0.15) is 36.1 Å². The second-order valence-corrected chi connectivity index (χ2v) is 11.5. The highest BCUT2D eigenvalue weighted by atomic mass is 32.2. The minimum Gasteiger partial charge on any atom is -0.497 e. The molecule has 0 saturated carbocycles. The highest BCUT2D eigenvalue weighted by Gasteiger charge is 2.19. The van der Waals surface area contributed by atoms with E-state index in [9.17, 15) is 4.79 Å². The number of rotatable bonds is 8. The molecule has 2 heterocycles. The highest BCUT2D eigenvalue weighted by Crippen LogP contribution is 2.30. The van der Waals surface area contributed by atoms with Crippen molar-refractivity contribution in [1.82, 2.24) is 20.2 Å². The summed E-state index contributed by atoms with van der Waals surface area (Å²) >= 11 is 2.93. The first-order chi connectivity index (χ1) is 17.2. The molecule has 4 rings (SSSR count). The minimum atomic E-state index is -0.218. The zero-order valence-corrected chi connectivity index (χ0v) is 22.6. The van der Waals surface area contributed by atoms with E-state index in [2.05, 4.69) is 65.8 Å². The van der Waals surface area contributed by atoms with Gasteiger partial charge in [0.25, 0.3) is 5.91 Å². The fourth-order valence-corrected chi connectivity index (χ4v) is 4.98. The number of aromatic nitrogens is 3. The first-order valence-corrected chi connectivity index (χ1v) is 13.3. The topological polar surface area (TPSA) is 81.4 Å². The van der Waals surface area contributed by atoms with Gasteiger partial charge in [-0.15, -0.1) is 21.5 Å². The number of thioether (sulfide) groups is 1. The summed E-state index contributed by atoms with van der Waals surface area (Å²) in [7, 11) is 1.64. The number of carbonyl (C=O) groups is 1. The van der Waals surface area contributed by atoms with Gasteiger partial charge in [-0.3, -0.25) is 9.36 Å². The molecule has 0 fully saturated rings. The van der Waals surface area contributed by atoms with Gasteiger partial charge in [0.1, 0.15) is 5.75 Å². The van der Waals surface area contributed by atoms with Crippen molar-refractivity contribution >= 4 is 35.2 Å². The van der Waals surface area contributed by atoms with E-state index in [4.69, 9.17) is 4.74 Å². The number of carbonyl (C=O) groups excluding carboxylic acids is 1. The van der Waals surface area contributed by atoms with Crippen molar-refractivity contribution in [3.8, 4) is 22.8 Å². The number of hydrogen-bond donors (Lipinski definition) is 1. The van der Waals surface area contributed by atoms with Crippen LogP contribution in [0.2, 0.25) is 0 Å². The van der Waals surface area contributed by atoms with Crippen molar-refractivity contribution in [2.24, 2.45) is 5.10 Å². The third-order valence-electron chi connectivity index (χ3n) is 5.45. The molecule has 36 heavy (non-hydrogen) atoms. The molecule has 0 atom stereocenters. The van der Waals surface area contributed by atoms with Crippen LogP contribution in [0.4, 0.5) is 0 Å². The maximum atomic E-state index is 12.4. The van der Waals surface area contributed by atoms with E-state index in [0.717, 1.165) is 21.9 Å². The molecule has 0 unspecified atom stereocenters. The van der Waals surface area contributed by atoms with Crippen molar-refractivity contribution in [3.63, 3.8) is 0 Å². The maximum absolute atomic E-state index is 12.4. The molecule has 1 N–H and O–H groups in total. The Hall–Kier alpha value is -3.43. The summed E-state index contributed by atoms with van der Waals surface area (Å²) in [6, 6.07) is 20.0. The van der Waals surface area contributed by atoms with Gasteiger partial charge in [-0.2, -0.15) is 5.10 Å². The quantitative estimate of drug-likeness (QED) is 0.179. The van der Waals surface area contributed by atoms with Gasteiger partial charge in [0.15, 0.2) is 11.0 Å². The average Bonchev–Trinajstić information content (AvgIpc) is 3.48. The number of benzene rings is 2. The number of amides is 1. The lowest BCUT2D eigenvalue weighted by molar-refractivity contribution is -0.118. The van der Waals surface area contributed by atoms with Crippen LogP contribution in [-0.2, 0) is 10.2 Å². The smallest absolute Gasteiger partial charge is 0.250 e. The summed E-state index contributed by atoms with van der Waals surface area (Å²) < 4.78 is 7.27. The van der Waals surface area contributed by atoms with Crippen molar-refractivity contribution in [3.05, 3.63) is 76.0 Å². The summed E-state index contributed by atoms with van der Waals surface area (Å²) in [6.45, 7) is 8.59. The second-order valence-electron chi connectivity index (χ2n) is 9.20. The Balaban J connectivity index is 1.56. The molecule has 0 spiro atoms. The van der Waals surface area contributed by atoms with Crippen LogP contribution in [0.15, 0.2) is 70.9 Å². The van der Waals surface area contributed by atoms with Crippen molar-refractivity contribution in [1.29, 1.82) is 0 Å². The van der Waals surface area contributed by atoms with Crippen LogP contribution >= 0.6 is 23.1 Å². The molecular formula is C27H29N5O2S2. The zero-order chi connectivity index (χ0) is 25.7. The molecule has 7 nitrogen and oxygen atoms in total. The molecule has 1 amide bonds. The normalized spacial score (nSPS) is 11.7. The fraction of sp³-hybridized carbons (Fsp3) is 0.259. The number of hydrogen-bond acceptors (Lipinski definition) is 7. The molecule has 2 aromatic carbocycles. The number of nitrogens with zero attached hydrogens (tertiary/aromatic N) is 4. The van der Waals surface area contributed by atoms with Crippen molar-refractivity contribution < 1.29 is 9.53 Å². The van der Waals surface area contributed by atoms with Crippen LogP contribution < -0.4 is 10.2 Å². The molecule has 0 radical (unpaired) electrons. The standard InChI is InChI=1S/C27H29N5O2S2/c1-18-6-15-23(36-18)16-28-29-24(33)17-35-26-31-30-25(19-7-9-20(10-8-19)27(2,3)4)32(26)21-11-13-22(34-5)14-12-21/h6-16H,17H2,1-5H3,(H,29,33)/b28-16-. The lowest BCUT2D eigenvalue weighted by Crippen LogP contribution is -2.19. The van der Waals surface area contributed by atoms with Gasteiger partial charge in [-0.1, -0.05) is 56.8 Å². The van der Waals surface area contributed by atoms with Crippen molar-refractivity contribution in [2.75, 3.05) is 12.9 Å². The van der Waals surface area contributed by atoms with Crippen LogP contribution in [-0.4, -0.2) is 39.7 Å². The van der Waals surface area contributed by atoms with E-state index < -0.39 is 0 Å². The van der Waals surface area contributed by atoms with Gasteiger partial charge >= 0.3 is 0 Å². The molecule has 2 aromatic heterocycles. The Bertz CT molecular complexity index is 1350. The third-order valence-corrected chi connectivity index (χ3v) is 7.31. The van der Waals surface area contributed by atoms with Gasteiger partial charge in [0.2, 0.25) is 0 Å². The molecule has 4 aromatic rings. The largest absolute Gasteiger partial charge is 0.497 e. The van der Waals surface area contributed by atoms with Gasteiger partial charge in [0, 0.05) is 21.0 Å². The Morgan fingerprint density at radius 2 is 1.81 bits per heavy atom. The first kappa shape index (κ1) is 25.7. The summed E-state index contributed by atoms with van der Waals surface area (Å²) in [5.74, 6) is 1.40. The van der Waals surface area contributed by atoms with Crippen LogP contribution in [0.5, 0.6) is 5.75 Å². The maximum Gasteiger partial charge on any atom is 0.250 e. The third kappa shape index (κ3) is 6.22. The number of nitrogens with one attached hydrogen (secondary N) is 1. The van der Waals surface area contributed by atoms with E-state index in [1.54, 1.807) is 24.7 Å². The lowest BCUT2D eigenvalue weighted by atomic mass is 9.87. The predicted octanol–water partition coefficient (Wildman–Crippen LogP) is 5.85. The average molecular weight is 520 g/mol. The highest BCUT2D eigenvalue weighted by molar-refractivity contribution is 7.99. The Kier molecular flexibility index (Phi) is 7.91. The monoisotopic (exact) mass is 519 g/mol. The fourth-order valence-electron chi connectivity index (χ4n) is 3.49. The Labute approximate surface area is 219 Å². The van der Waals surface area contributed by atoms with E-state index in [0.29, 0.717) is 11.0 Å². The molecule has 186 valence electrons. The minimum absolute atomic E-state index is 0.0569.